The van der Waals surface area contributed by atoms with E-state index in [2.05, 4.69) is 17.6 Å². The molecule has 3 rings (SSSR count). The standard InChI is InChI=1S/C24H41N3O5/c1-5-9-10-14-26-21(30)19-24-12-11-23(8-4,32-24)17(20(29)25-13-6-2)18(24)22(31)27(19)16(7-3)15-28/h16-19,28H,5-15H2,1-4H3,(H,25,29)(H,26,30)/t16-,17+,18-,19?,23-,24?/m0/s1. The summed E-state index contributed by atoms with van der Waals surface area (Å²) in [6, 6.07) is -1.30. The van der Waals surface area contributed by atoms with Gasteiger partial charge in [0.2, 0.25) is 17.7 Å². The van der Waals surface area contributed by atoms with Crippen molar-refractivity contribution in [1.82, 2.24) is 15.5 Å². The van der Waals surface area contributed by atoms with Crippen LogP contribution in [0.3, 0.4) is 0 Å². The Morgan fingerprint density at radius 2 is 1.81 bits per heavy atom. The average Bonchev–Trinajstić information content (AvgIpc) is 3.40. The molecular formula is C24H41N3O5. The van der Waals surface area contributed by atoms with Crippen LogP contribution in [0.2, 0.25) is 0 Å². The first kappa shape index (κ1) is 25.0. The van der Waals surface area contributed by atoms with Gasteiger partial charge in [-0.2, -0.15) is 0 Å². The van der Waals surface area contributed by atoms with E-state index in [9.17, 15) is 19.5 Å². The van der Waals surface area contributed by atoms with Gasteiger partial charge in [0.1, 0.15) is 11.6 Å². The van der Waals surface area contributed by atoms with E-state index in [1.807, 2.05) is 20.8 Å². The summed E-state index contributed by atoms with van der Waals surface area (Å²) in [5.41, 5.74) is -1.73. The van der Waals surface area contributed by atoms with Crippen LogP contribution in [0.15, 0.2) is 0 Å². The third kappa shape index (κ3) is 3.83. The molecule has 3 fully saturated rings. The summed E-state index contributed by atoms with van der Waals surface area (Å²) >= 11 is 0. The summed E-state index contributed by atoms with van der Waals surface area (Å²) in [5, 5.41) is 16.0. The van der Waals surface area contributed by atoms with Crippen molar-refractivity contribution in [2.45, 2.75) is 102 Å². The molecule has 0 radical (unpaired) electrons. The molecule has 0 aromatic heterocycles. The molecule has 32 heavy (non-hydrogen) atoms. The SMILES string of the molecule is CCCCCNC(=O)C1N([C@@H](CC)CO)C(=O)[C@@H]2[C@H](C(=O)NCCC)[C@]3(CC)CCC12O3. The van der Waals surface area contributed by atoms with Crippen molar-refractivity contribution < 1.29 is 24.2 Å². The molecule has 182 valence electrons. The van der Waals surface area contributed by atoms with Crippen LogP contribution in [-0.4, -0.2) is 70.7 Å². The third-order valence-electron chi connectivity index (χ3n) is 7.85. The summed E-state index contributed by atoms with van der Waals surface area (Å²) in [6.45, 7) is 8.84. The number of likely N-dealkylation sites (tertiary alicyclic amines) is 1. The molecule has 8 nitrogen and oxygen atoms in total. The molecule has 3 saturated heterocycles. The highest BCUT2D eigenvalue weighted by Gasteiger charge is 2.78. The van der Waals surface area contributed by atoms with E-state index in [1.54, 1.807) is 4.90 Å². The summed E-state index contributed by atoms with van der Waals surface area (Å²) in [6.07, 6.45) is 6.11. The van der Waals surface area contributed by atoms with Gasteiger partial charge in [-0.3, -0.25) is 14.4 Å². The maximum absolute atomic E-state index is 13.8. The molecule has 3 heterocycles. The fraction of sp³-hybridized carbons (Fsp3) is 0.875. The number of fused-ring (bicyclic) bond motifs is 1. The van der Waals surface area contributed by atoms with Crippen molar-refractivity contribution in [2.75, 3.05) is 19.7 Å². The molecule has 0 aromatic carbocycles. The van der Waals surface area contributed by atoms with Crippen molar-refractivity contribution in [1.29, 1.82) is 0 Å². The first-order chi connectivity index (χ1) is 15.4. The Morgan fingerprint density at radius 1 is 1.09 bits per heavy atom. The number of carbonyl (C=O) groups is 3. The molecule has 0 saturated carbocycles. The normalized spacial score (nSPS) is 34.0. The Balaban J connectivity index is 1.99. The molecule has 8 heteroatoms. The van der Waals surface area contributed by atoms with Crippen LogP contribution in [0.25, 0.3) is 0 Å². The minimum Gasteiger partial charge on any atom is -0.394 e. The highest BCUT2D eigenvalue weighted by molar-refractivity contribution is 5.99. The zero-order chi connectivity index (χ0) is 23.5. The van der Waals surface area contributed by atoms with E-state index >= 15 is 0 Å². The van der Waals surface area contributed by atoms with Gasteiger partial charge in [-0.1, -0.05) is 40.5 Å². The number of hydrogen-bond donors (Lipinski definition) is 3. The van der Waals surface area contributed by atoms with Gasteiger partial charge in [0.05, 0.1) is 30.1 Å². The lowest BCUT2D eigenvalue weighted by molar-refractivity contribution is -0.151. The number of rotatable bonds is 12. The highest BCUT2D eigenvalue weighted by Crippen LogP contribution is 2.64. The van der Waals surface area contributed by atoms with E-state index in [-0.39, 0.29) is 24.3 Å². The topological polar surface area (TPSA) is 108 Å². The van der Waals surface area contributed by atoms with Gasteiger partial charge in [0.25, 0.3) is 0 Å². The number of ether oxygens (including phenoxy) is 1. The number of hydrogen-bond acceptors (Lipinski definition) is 5. The first-order valence-corrected chi connectivity index (χ1v) is 12.6. The van der Waals surface area contributed by atoms with Crippen LogP contribution in [0.4, 0.5) is 0 Å². The number of amides is 3. The Bertz CT molecular complexity index is 712. The summed E-state index contributed by atoms with van der Waals surface area (Å²) in [7, 11) is 0. The minimum atomic E-state index is -1.02. The molecule has 1 spiro atoms. The number of unbranched alkanes of at least 4 members (excludes halogenated alkanes) is 2. The number of aliphatic hydroxyl groups is 1. The number of aliphatic hydroxyl groups excluding tert-OH is 1. The predicted molar refractivity (Wildman–Crippen MR) is 121 cm³/mol. The van der Waals surface area contributed by atoms with E-state index in [4.69, 9.17) is 4.74 Å². The molecule has 3 aliphatic heterocycles. The van der Waals surface area contributed by atoms with Crippen LogP contribution < -0.4 is 10.6 Å². The van der Waals surface area contributed by atoms with Crippen LogP contribution in [0.5, 0.6) is 0 Å². The van der Waals surface area contributed by atoms with E-state index in [1.165, 1.54) is 0 Å². The second-order valence-electron chi connectivity index (χ2n) is 9.61. The van der Waals surface area contributed by atoms with Gasteiger partial charge in [-0.15, -0.1) is 0 Å². The van der Waals surface area contributed by atoms with Crippen molar-refractivity contribution in [2.24, 2.45) is 11.8 Å². The largest absolute Gasteiger partial charge is 0.394 e. The Labute approximate surface area is 191 Å². The smallest absolute Gasteiger partial charge is 0.245 e. The molecule has 2 unspecified atom stereocenters. The van der Waals surface area contributed by atoms with Crippen LogP contribution in [0, 0.1) is 11.8 Å². The van der Waals surface area contributed by atoms with Crippen LogP contribution >= 0.6 is 0 Å². The first-order valence-electron chi connectivity index (χ1n) is 12.6. The summed E-state index contributed by atoms with van der Waals surface area (Å²) in [5.74, 6) is -1.93. The van der Waals surface area contributed by atoms with Gasteiger partial charge in [0.15, 0.2) is 0 Å². The third-order valence-corrected chi connectivity index (χ3v) is 7.85. The van der Waals surface area contributed by atoms with Gasteiger partial charge in [0, 0.05) is 13.1 Å². The second kappa shape index (κ2) is 10.1. The number of carbonyl (C=O) groups excluding carboxylic acids is 3. The van der Waals surface area contributed by atoms with Gasteiger partial charge >= 0.3 is 0 Å². The maximum Gasteiger partial charge on any atom is 0.245 e. The molecule has 3 N–H and O–H groups in total. The Kier molecular flexibility index (Phi) is 7.86. The zero-order valence-electron chi connectivity index (χ0n) is 20.1. The van der Waals surface area contributed by atoms with Gasteiger partial charge in [-0.05, 0) is 38.5 Å². The predicted octanol–water partition coefficient (Wildman–Crippen LogP) is 1.74. The molecule has 0 aliphatic carbocycles. The van der Waals surface area contributed by atoms with Crippen LogP contribution in [-0.2, 0) is 19.1 Å². The monoisotopic (exact) mass is 451 g/mol. The zero-order valence-corrected chi connectivity index (χ0v) is 20.1. The fourth-order valence-electron chi connectivity index (χ4n) is 6.20. The fourth-order valence-corrected chi connectivity index (χ4v) is 6.20. The summed E-state index contributed by atoms with van der Waals surface area (Å²) in [4.78, 5) is 42.2. The van der Waals surface area contributed by atoms with Crippen molar-refractivity contribution in [3.63, 3.8) is 0 Å². The maximum atomic E-state index is 13.8. The van der Waals surface area contributed by atoms with E-state index in [0.29, 0.717) is 38.8 Å². The van der Waals surface area contributed by atoms with Crippen molar-refractivity contribution >= 4 is 17.7 Å². The number of nitrogens with zero attached hydrogens (tertiary/aromatic N) is 1. The average molecular weight is 452 g/mol. The van der Waals surface area contributed by atoms with E-state index < -0.39 is 35.1 Å². The van der Waals surface area contributed by atoms with Gasteiger partial charge in [-0.25, -0.2) is 0 Å². The Hall–Kier alpha value is -1.67. The Morgan fingerprint density at radius 3 is 2.41 bits per heavy atom. The molecule has 3 aliphatic rings. The molecule has 6 atom stereocenters. The highest BCUT2D eigenvalue weighted by atomic mass is 16.5. The molecule has 3 amide bonds. The minimum absolute atomic E-state index is 0.158. The molecule has 0 aromatic rings. The molecule has 2 bridgehead atoms. The quantitative estimate of drug-likeness (QED) is 0.392. The molecular weight excluding hydrogens is 410 g/mol. The van der Waals surface area contributed by atoms with Crippen molar-refractivity contribution in [3.8, 4) is 0 Å². The lowest BCUT2D eigenvalue weighted by atomic mass is 9.65. The summed E-state index contributed by atoms with van der Waals surface area (Å²) < 4.78 is 6.67. The van der Waals surface area contributed by atoms with E-state index in [0.717, 1.165) is 25.7 Å². The van der Waals surface area contributed by atoms with Crippen LogP contribution in [0.1, 0.15) is 79.1 Å². The lowest BCUT2D eigenvalue weighted by Crippen LogP contribution is -2.58. The lowest BCUT2D eigenvalue weighted by Gasteiger charge is -2.37. The second-order valence-corrected chi connectivity index (χ2v) is 9.61. The number of nitrogens with one attached hydrogen (secondary N) is 2. The van der Waals surface area contributed by atoms with Crippen molar-refractivity contribution in [3.05, 3.63) is 0 Å². The van der Waals surface area contributed by atoms with Gasteiger partial charge < -0.3 is 25.4 Å².